The number of carbonyl (C=O) groups is 1. The summed E-state index contributed by atoms with van der Waals surface area (Å²) in [6, 6.07) is 1.96. The van der Waals surface area contributed by atoms with E-state index in [1.54, 1.807) is 16.9 Å². The number of nitrogens with zero attached hydrogens (tertiary/aromatic N) is 3. The highest BCUT2D eigenvalue weighted by Gasteiger charge is 2.51. The summed E-state index contributed by atoms with van der Waals surface area (Å²) in [5.74, 6) is 0.0869. The quantitative estimate of drug-likeness (QED) is 0.877. The van der Waals surface area contributed by atoms with E-state index in [0.29, 0.717) is 24.6 Å². The predicted molar refractivity (Wildman–Crippen MR) is 70.3 cm³/mol. The third-order valence-corrected chi connectivity index (χ3v) is 3.52. The number of fused-ring (bicyclic) bond motifs is 1. The lowest BCUT2D eigenvalue weighted by Crippen LogP contribution is -2.31. The van der Waals surface area contributed by atoms with E-state index in [0.717, 1.165) is 11.2 Å². The van der Waals surface area contributed by atoms with Crippen molar-refractivity contribution in [3.63, 3.8) is 0 Å². The highest BCUT2D eigenvalue weighted by Crippen LogP contribution is 2.39. The highest BCUT2D eigenvalue weighted by atomic mass is 16.4. The molecule has 19 heavy (non-hydrogen) atoms. The first-order valence-electron chi connectivity index (χ1n) is 6.38. The van der Waals surface area contributed by atoms with Crippen molar-refractivity contribution in [2.75, 3.05) is 5.32 Å². The van der Waals surface area contributed by atoms with Crippen LogP contribution in [0.3, 0.4) is 0 Å². The number of nitrogens with one attached hydrogen (secondary N) is 1. The zero-order chi connectivity index (χ0) is 13.6. The van der Waals surface area contributed by atoms with E-state index in [4.69, 9.17) is 0 Å². The number of rotatable bonds is 4. The molecule has 0 bridgehead atoms. The molecular formula is C13H16N4O2. The summed E-state index contributed by atoms with van der Waals surface area (Å²) in [6.07, 6.45) is 4.67. The molecule has 0 saturated heterocycles. The minimum atomic E-state index is -0.836. The Labute approximate surface area is 110 Å². The van der Waals surface area contributed by atoms with Crippen molar-refractivity contribution in [1.82, 2.24) is 14.6 Å². The van der Waals surface area contributed by atoms with E-state index in [2.05, 4.69) is 29.2 Å². The summed E-state index contributed by atoms with van der Waals surface area (Å²) >= 11 is 0. The van der Waals surface area contributed by atoms with Gasteiger partial charge in [-0.1, -0.05) is 13.8 Å². The predicted octanol–water partition coefficient (Wildman–Crippen LogP) is 1.88. The molecule has 1 aliphatic rings. The van der Waals surface area contributed by atoms with E-state index in [1.807, 2.05) is 6.07 Å². The van der Waals surface area contributed by atoms with Crippen LogP contribution >= 0.6 is 0 Å². The third-order valence-electron chi connectivity index (χ3n) is 3.52. The fourth-order valence-corrected chi connectivity index (χ4v) is 2.06. The van der Waals surface area contributed by atoms with Crippen LogP contribution in [0.5, 0.6) is 0 Å². The first kappa shape index (κ1) is 12.0. The molecule has 0 unspecified atom stereocenters. The summed E-state index contributed by atoms with van der Waals surface area (Å²) in [5.41, 5.74) is 0.951. The van der Waals surface area contributed by atoms with Gasteiger partial charge in [-0.25, -0.2) is 14.3 Å². The van der Waals surface area contributed by atoms with Gasteiger partial charge in [-0.3, -0.25) is 0 Å². The van der Waals surface area contributed by atoms with Crippen LogP contribution in [0, 0.1) is 0 Å². The van der Waals surface area contributed by atoms with Gasteiger partial charge in [-0.15, -0.1) is 0 Å². The number of hydrogen-bond acceptors (Lipinski definition) is 4. The molecule has 0 aromatic carbocycles. The fourth-order valence-electron chi connectivity index (χ4n) is 2.06. The van der Waals surface area contributed by atoms with Gasteiger partial charge in [0, 0.05) is 12.4 Å². The Kier molecular flexibility index (Phi) is 2.48. The molecule has 100 valence electrons. The van der Waals surface area contributed by atoms with Crippen molar-refractivity contribution >= 4 is 17.3 Å². The van der Waals surface area contributed by atoms with Gasteiger partial charge in [0.25, 0.3) is 0 Å². The standard InChI is InChI=1S/C13H16N4O2/c1-8(2)9-7-10-11(14-5-6-17(10)16-9)15-13(3-4-13)12(18)19/h5-8H,3-4H2,1-2H3,(H,14,15)(H,18,19). The maximum Gasteiger partial charge on any atom is 0.329 e. The van der Waals surface area contributed by atoms with Crippen LogP contribution in [0.4, 0.5) is 5.82 Å². The van der Waals surface area contributed by atoms with Crippen LogP contribution in [0.25, 0.3) is 5.52 Å². The summed E-state index contributed by atoms with van der Waals surface area (Å²) in [7, 11) is 0. The molecule has 0 aliphatic heterocycles. The molecule has 2 aromatic rings. The van der Waals surface area contributed by atoms with Gasteiger partial charge in [-0.2, -0.15) is 5.10 Å². The van der Waals surface area contributed by atoms with Crippen molar-refractivity contribution in [3.05, 3.63) is 24.2 Å². The second-order valence-electron chi connectivity index (χ2n) is 5.34. The Hall–Kier alpha value is -2.11. The number of aliphatic carboxylic acids is 1. The van der Waals surface area contributed by atoms with Crippen molar-refractivity contribution in [3.8, 4) is 0 Å². The molecule has 0 amide bonds. The van der Waals surface area contributed by atoms with E-state index in [-0.39, 0.29) is 0 Å². The van der Waals surface area contributed by atoms with Gasteiger partial charge < -0.3 is 10.4 Å². The average molecular weight is 260 g/mol. The van der Waals surface area contributed by atoms with E-state index < -0.39 is 11.5 Å². The average Bonchev–Trinajstić information content (AvgIpc) is 3.00. The van der Waals surface area contributed by atoms with Gasteiger partial charge in [0.05, 0.1) is 5.69 Å². The minimum absolute atomic E-state index is 0.321. The first-order chi connectivity index (χ1) is 9.02. The highest BCUT2D eigenvalue weighted by molar-refractivity contribution is 5.87. The number of carboxylic acid groups (broad SMARTS) is 1. The zero-order valence-corrected chi connectivity index (χ0v) is 10.9. The van der Waals surface area contributed by atoms with E-state index in [9.17, 15) is 9.90 Å². The third kappa shape index (κ3) is 1.93. The molecule has 0 atom stereocenters. The lowest BCUT2D eigenvalue weighted by Gasteiger charge is -2.13. The monoisotopic (exact) mass is 260 g/mol. The lowest BCUT2D eigenvalue weighted by molar-refractivity contribution is -0.138. The largest absolute Gasteiger partial charge is 0.480 e. The van der Waals surface area contributed by atoms with Gasteiger partial charge in [0.2, 0.25) is 0 Å². The SMILES string of the molecule is CC(C)c1cc2c(NC3(C(=O)O)CC3)nccn2n1. The Morgan fingerprint density at radius 1 is 1.53 bits per heavy atom. The number of anilines is 1. The Bertz CT molecular complexity index is 643. The van der Waals surface area contributed by atoms with Crippen molar-refractivity contribution in [2.45, 2.75) is 38.1 Å². The van der Waals surface area contributed by atoms with Crippen LogP contribution in [0.15, 0.2) is 18.5 Å². The van der Waals surface area contributed by atoms with Crippen LogP contribution < -0.4 is 5.32 Å². The number of carboxylic acids is 1. The first-order valence-corrected chi connectivity index (χ1v) is 6.38. The molecule has 0 radical (unpaired) electrons. The van der Waals surface area contributed by atoms with E-state index >= 15 is 0 Å². The minimum Gasteiger partial charge on any atom is -0.480 e. The Morgan fingerprint density at radius 3 is 2.84 bits per heavy atom. The Morgan fingerprint density at radius 2 is 2.26 bits per heavy atom. The molecule has 2 aromatic heterocycles. The lowest BCUT2D eigenvalue weighted by atomic mass is 10.1. The maximum absolute atomic E-state index is 11.2. The smallest absolute Gasteiger partial charge is 0.329 e. The molecule has 6 heteroatoms. The maximum atomic E-state index is 11.2. The summed E-state index contributed by atoms with van der Waals surface area (Å²) in [5, 5.41) is 16.7. The molecule has 2 N–H and O–H groups in total. The zero-order valence-electron chi connectivity index (χ0n) is 10.9. The fraction of sp³-hybridized carbons (Fsp3) is 0.462. The van der Waals surface area contributed by atoms with Gasteiger partial charge >= 0.3 is 5.97 Å². The van der Waals surface area contributed by atoms with Crippen molar-refractivity contribution < 1.29 is 9.90 Å². The molecule has 1 saturated carbocycles. The molecule has 0 spiro atoms. The summed E-state index contributed by atoms with van der Waals surface area (Å²) in [6.45, 7) is 4.14. The van der Waals surface area contributed by atoms with E-state index in [1.165, 1.54) is 0 Å². The van der Waals surface area contributed by atoms with Gasteiger partial charge in [-0.05, 0) is 24.8 Å². The Balaban J connectivity index is 2.02. The molecule has 1 fully saturated rings. The normalized spacial score (nSPS) is 16.8. The molecule has 6 nitrogen and oxygen atoms in total. The van der Waals surface area contributed by atoms with Crippen molar-refractivity contribution in [1.29, 1.82) is 0 Å². The second kappa shape index (κ2) is 3.94. The molecule has 3 rings (SSSR count). The number of aromatic nitrogens is 3. The van der Waals surface area contributed by atoms with Crippen LogP contribution in [-0.2, 0) is 4.79 Å². The van der Waals surface area contributed by atoms with Gasteiger partial charge in [0.1, 0.15) is 11.1 Å². The van der Waals surface area contributed by atoms with Crippen LogP contribution in [0.1, 0.15) is 38.3 Å². The summed E-state index contributed by atoms with van der Waals surface area (Å²) in [4.78, 5) is 15.5. The molecular weight excluding hydrogens is 244 g/mol. The van der Waals surface area contributed by atoms with Crippen LogP contribution in [-0.4, -0.2) is 31.2 Å². The molecule has 1 aliphatic carbocycles. The number of hydrogen-bond donors (Lipinski definition) is 2. The summed E-state index contributed by atoms with van der Waals surface area (Å²) < 4.78 is 1.74. The van der Waals surface area contributed by atoms with Gasteiger partial charge in [0.15, 0.2) is 5.82 Å². The van der Waals surface area contributed by atoms with Crippen molar-refractivity contribution in [2.24, 2.45) is 0 Å². The molecule has 2 heterocycles. The van der Waals surface area contributed by atoms with Crippen LogP contribution in [0.2, 0.25) is 0 Å². The topological polar surface area (TPSA) is 79.5 Å². The second-order valence-corrected chi connectivity index (χ2v) is 5.34.